The molecule has 0 aliphatic heterocycles. The Morgan fingerprint density at radius 2 is 1.82 bits per heavy atom. The smallest absolute Gasteiger partial charge is 0.480 e. The molecule has 0 bridgehead atoms. The Bertz CT molecular complexity index is 1370. The summed E-state index contributed by atoms with van der Waals surface area (Å²) in [5.41, 5.74) is 4.26. The molecule has 1 amide bonds. The van der Waals surface area contributed by atoms with E-state index in [0.717, 1.165) is 23.5 Å². The average molecular weight is 588 g/mol. The largest absolute Gasteiger partial charge is 0.491 e. The number of carbonyl (C=O) groups excluding carboxylic acids is 4. The Kier molecular flexibility index (Phi) is 8.92. The van der Waals surface area contributed by atoms with Crippen LogP contribution in [0, 0.1) is 16.6 Å². The number of amides is 1. The Morgan fingerprint density at radius 1 is 1.15 bits per heavy atom. The van der Waals surface area contributed by atoms with E-state index < -0.39 is 65.4 Å². The Balaban J connectivity index is 1.65. The molecule has 1 aromatic carbocycles. The van der Waals surface area contributed by atoms with Gasteiger partial charge in [-0.25, -0.2) is 18.8 Å². The van der Waals surface area contributed by atoms with E-state index in [2.05, 4.69) is 10.1 Å². The molecule has 1 aliphatic carbocycles. The number of ether oxygens (including phenoxy) is 2. The molecule has 0 radical (unpaired) electrons. The molecule has 5 N–H and O–H groups in total. The van der Waals surface area contributed by atoms with Crippen LogP contribution >= 0.6 is 11.3 Å². The van der Waals surface area contributed by atoms with Gasteiger partial charge in [-0.05, 0) is 49.6 Å². The number of hydrogen-bond acceptors (Lipinski definition) is 9. The van der Waals surface area contributed by atoms with Crippen molar-refractivity contribution >= 4 is 47.0 Å². The summed E-state index contributed by atoms with van der Waals surface area (Å²) in [4.78, 5) is 60.1. The van der Waals surface area contributed by atoms with Gasteiger partial charge >= 0.3 is 30.1 Å². The molecule has 1 saturated carbocycles. The monoisotopic (exact) mass is 587 g/mol. The Hall–Kier alpha value is -4.34. The first-order chi connectivity index (χ1) is 18.6. The van der Waals surface area contributed by atoms with E-state index in [-0.39, 0.29) is 22.7 Å². The van der Waals surface area contributed by atoms with Crippen LogP contribution in [-0.2, 0) is 30.3 Å². The number of nitrogens with one attached hydrogen (secondary N) is 2. The first kappa shape index (κ1) is 30.2. The summed E-state index contributed by atoms with van der Waals surface area (Å²) in [6.45, 7) is 0. The minimum Gasteiger partial charge on any atom is -0.480 e. The van der Waals surface area contributed by atoms with Crippen molar-refractivity contribution < 1.29 is 56.1 Å². The number of amidine groups is 1. The van der Waals surface area contributed by atoms with Gasteiger partial charge < -0.3 is 25.6 Å². The lowest BCUT2D eigenvalue weighted by atomic mass is 9.65. The lowest BCUT2D eigenvalue weighted by molar-refractivity contribution is -0.202. The van der Waals surface area contributed by atoms with E-state index in [1.165, 1.54) is 18.2 Å². The maximum atomic E-state index is 14.2. The third-order valence-corrected chi connectivity index (χ3v) is 7.09. The van der Waals surface area contributed by atoms with Crippen LogP contribution in [0.4, 0.5) is 17.6 Å². The fourth-order valence-electron chi connectivity index (χ4n) is 3.79. The van der Waals surface area contributed by atoms with Crippen LogP contribution < -0.4 is 15.8 Å². The van der Waals surface area contributed by atoms with Crippen LogP contribution in [0.1, 0.15) is 45.8 Å². The van der Waals surface area contributed by atoms with Gasteiger partial charge in [0.05, 0.1) is 11.8 Å². The number of aliphatic carboxylic acids is 1. The molecule has 16 heteroatoms. The topological polar surface area (TPSA) is 186 Å². The fraction of sp³-hybridized carbons (Fsp3) is 0.333. The number of carboxylic acids is 1. The first-order valence-corrected chi connectivity index (χ1v) is 12.2. The van der Waals surface area contributed by atoms with Gasteiger partial charge in [-0.2, -0.15) is 13.2 Å². The number of carbonyl (C=O) groups is 5. The number of nitrogen functional groups attached to an aromatic ring is 1. The van der Waals surface area contributed by atoms with E-state index in [1.807, 2.05) is 0 Å². The minimum atomic E-state index is -5.46. The molecule has 0 unspecified atom stereocenters. The van der Waals surface area contributed by atoms with Crippen LogP contribution in [0.2, 0.25) is 0 Å². The lowest BCUT2D eigenvalue weighted by Gasteiger charge is -2.40. The maximum absolute atomic E-state index is 14.2. The number of esters is 3. The van der Waals surface area contributed by atoms with Crippen LogP contribution in [0.3, 0.4) is 0 Å². The predicted octanol–water partition coefficient (Wildman–Crippen LogP) is 2.69. The van der Waals surface area contributed by atoms with Gasteiger partial charge in [0, 0.05) is 10.4 Å². The van der Waals surface area contributed by atoms with Crippen molar-refractivity contribution in [1.82, 2.24) is 5.32 Å². The van der Waals surface area contributed by atoms with Gasteiger partial charge in [-0.1, -0.05) is 6.42 Å². The summed E-state index contributed by atoms with van der Waals surface area (Å²) in [7, 11) is 0. The van der Waals surface area contributed by atoms with Crippen molar-refractivity contribution in [2.24, 2.45) is 11.1 Å². The number of benzene rings is 1. The van der Waals surface area contributed by atoms with E-state index >= 15 is 0 Å². The van der Waals surface area contributed by atoms with Crippen molar-refractivity contribution in [1.29, 1.82) is 5.41 Å². The summed E-state index contributed by atoms with van der Waals surface area (Å²) >= 11 is 0.947. The molecular formula is C24H21F4N3O8S. The van der Waals surface area contributed by atoms with Crippen LogP contribution in [0.25, 0.3) is 0 Å². The zero-order valence-corrected chi connectivity index (χ0v) is 21.1. The van der Waals surface area contributed by atoms with Crippen molar-refractivity contribution in [2.75, 3.05) is 0 Å². The molecule has 11 nitrogen and oxygen atoms in total. The maximum Gasteiger partial charge on any atom is 0.491 e. The number of thiophene rings is 1. The Morgan fingerprint density at radius 3 is 2.35 bits per heavy atom. The molecule has 1 aliphatic rings. The molecule has 0 saturated heterocycles. The highest BCUT2D eigenvalue weighted by atomic mass is 32.1. The average Bonchev–Trinajstić information content (AvgIpc) is 3.30. The fourth-order valence-corrected chi connectivity index (χ4v) is 4.81. The number of carboxylic acid groups (broad SMARTS) is 1. The van der Waals surface area contributed by atoms with Crippen LogP contribution in [-0.4, -0.2) is 52.9 Å². The normalized spacial score (nSPS) is 14.8. The third kappa shape index (κ3) is 7.19. The number of nitrogens with two attached hydrogens (primary N) is 1. The van der Waals surface area contributed by atoms with Crippen LogP contribution in [0.15, 0.2) is 30.3 Å². The van der Waals surface area contributed by atoms with Crippen molar-refractivity contribution in [2.45, 2.75) is 44.3 Å². The van der Waals surface area contributed by atoms with Gasteiger partial charge in [0.15, 0.2) is 11.6 Å². The quantitative estimate of drug-likeness (QED) is 0.0810. The summed E-state index contributed by atoms with van der Waals surface area (Å²) in [5, 5.41) is 18.8. The predicted molar refractivity (Wildman–Crippen MR) is 128 cm³/mol. The standard InChI is InChI=1S/C24H21F4N3O8S/c25-13-8-11(18(29)30)2-4-15(13)38-20(35)16-5-3-12(40-16)10-23(6-1-7-23)21(36)31-14(19(33)34)9-17(32)39-22(37)24(26,27)28/h2-5,8,14H,1,6-7,9-10H2,(H3,29,30)(H,31,36)(H,33,34)/t14-/m0/s1. The molecule has 1 fully saturated rings. The van der Waals surface area contributed by atoms with Gasteiger partial charge in [0.1, 0.15) is 16.8 Å². The summed E-state index contributed by atoms with van der Waals surface area (Å²) in [6.07, 6.45) is -5.40. The zero-order chi connectivity index (χ0) is 29.8. The van der Waals surface area contributed by atoms with Gasteiger partial charge in [0.2, 0.25) is 5.91 Å². The second kappa shape index (κ2) is 11.8. The second-order valence-electron chi connectivity index (χ2n) is 8.85. The molecule has 214 valence electrons. The highest BCUT2D eigenvalue weighted by Crippen LogP contribution is 2.45. The van der Waals surface area contributed by atoms with E-state index in [1.54, 1.807) is 0 Å². The Labute approximate surface area is 226 Å². The minimum absolute atomic E-state index is 0.0573. The molecular weight excluding hydrogens is 566 g/mol. The van der Waals surface area contributed by atoms with Gasteiger partial charge in [-0.3, -0.25) is 15.0 Å². The second-order valence-corrected chi connectivity index (χ2v) is 10.0. The van der Waals surface area contributed by atoms with Gasteiger partial charge in [-0.15, -0.1) is 11.3 Å². The third-order valence-electron chi connectivity index (χ3n) is 6.03. The molecule has 1 atom stereocenters. The molecule has 1 aromatic heterocycles. The van der Waals surface area contributed by atoms with E-state index in [0.29, 0.717) is 24.1 Å². The first-order valence-electron chi connectivity index (χ1n) is 11.4. The number of hydrogen-bond donors (Lipinski definition) is 4. The molecule has 40 heavy (non-hydrogen) atoms. The van der Waals surface area contributed by atoms with Crippen molar-refractivity contribution in [3.8, 4) is 5.75 Å². The lowest BCUT2D eigenvalue weighted by Crippen LogP contribution is -2.53. The molecule has 1 heterocycles. The summed E-state index contributed by atoms with van der Waals surface area (Å²) in [6, 6.07) is 4.32. The number of halogens is 4. The van der Waals surface area contributed by atoms with Crippen LogP contribution in [0.5, 0.6) is 5.75 Å². The SMILES string of the molecule is N=C(N)c1ccc(OC(=O)c2ccc(CC3(C(=O)N[C@@H](CC(=O)OC(=O)C(F)(F)F)C(=O)O)CCC3)s2)c(F)c1. The number of rotatable bonds is 10. The van der Waals surface area contributed by atoms with E-state index in [4.69, 9.17) is 15.9 Å². The molecule has 3 rings (SSSR count). The molecule has 0 spiro atoms. The summed E-state index contributed by atoms with van der Waals surface area (Å²) < 4.78 is 59.7. The van der Waals surface area contributed by atoms with Crippen molar-refractivity contribution in [3.63, 3.8) is 0 Å². The van der Waals surface area contributed by atoms with Gasteiger partial charge in [0.25, 0.3) is 0 Å². The van der Waals surface area contributed by atoms with Crippen molar-refractivity contribution in [3.05, 3.63) is 51.5 Å². The highest BCUT2D eigenvalue weighted by Gasteiger charge is 2.46. The molecule has 2 aromatic rings. The van der Waals surface area contributed by atoms with E-state index in [9.17, 15) is 46.6 Å². The zero-order valence-electron chi connectivity index (χ0n) is 20.3. The highest BCUT2D eigenvalue weighted by molar-refractivity contribution is 7.14. The summed E-state index contributed by atoms with van der Waals surface area (Å²) in [5.74, 6) is -9.69. The number of alkyl halides is 3.